The van der Waals surface area contributed by atoms with Gasteiger partial charge in [-0.2, -0.15) is 0 Å². The van der Waals surface area contributed by atoms with Crippen molar-refractivity contribution in [2.45, 2.75) is 12.1 Å². The third kappa shape index (κ3) is 5.34. The zero-order valence-corrected chi connectivity index (χ0v) is 17.3. The number of nitrogens with zero attached hydrogens (tertiary/aromatic N) is 2. The summed E-state index contributed by atoms with van der Waals surface area (Å²) in [4.78, 5) is 46.6. The van der Waals surface area contributed by atoms with Crippen LogP contribution in [0.4, 0.5) is 0 Å². The van der Waals surface area contributed by atoms with Crippen LogP contribution in [0, 0.1) is 0 Å². The van der Waals surface area contributed by atoms with Crippen molar-refractivity contribution in [3.8, 4) is 0 Å². The normalized spacial score (nSPS) is 19.0. The third-order valence-electron chi connectivity index (χ3n) is 3.65. The first-order chi connectivity index (χ1) is 13.4. The molecule has 1 aliphatic heterocycles. The highest BCUT2D eigenvalue weighted by molar-refractivity contribution is 14.1. The van der Waals surface area contributed by atoms with Gasteiger partial charge in [-0.15, -0.1) is 0 Å². The molecule has 1 aliphatic rings. The Balaban J connectivity index is 1.93. The van der Waals surface area contributed by atoms with E-state index in [2.05, 4.69) is 15.2 Å². The van der Waals surface area contributed by atoms with E-state index in [1.54, 1.807) is 30.3 Å². The van der Waals surface area contributed by atoms with Crippen molar-refractivity contribution >= 4 is 64.0 Å². The highest BCUT2D eigenvalue weighted by Crippen LogP contribution is 2.30. The number of hydrogen-bond donors (Lipinski definition) is 3. The molecule has 28 heavy (non-hydrogen) atoms. The largest absolute Gasteiger partial charge is 0.479 e. The van der Waals surface area contributed by atoms with E-state index in [1.807, 2.05) is 22.6 Å². The maximum absolute atomic E-state index is 12.4. The van der Waals surface area contributed by atoms with Gasteiger partial charge >= 0.3 is 11.9 Å². The number of amides is 2. The number of carboxylic acids is 1. The monoisotopic (exact) mass is 521 g/mol. The number of carbonyl (C=O) groups excluding carboxylic acids is 3. The Labute approximate surface area is 177 Å². The molecule has 2 amide bonds. The molecule has 1 aromatic rings. The summed E-state index contributed by atoms with van der Waals surface area (Å²) in [7, 11) is 0. The van der Waals surface area contributed by atoms with Gasteiger partial charge in [0.2, 0.25) is 0 Å². The number of benzene rings is 1. The summed E-state index contributed by atoms with van der Waals surface area (Å²) in [5.74, 6) is -3.39. The van der Waals surface area contributed by atoms with Crippen molar-refractivity contribution in [2.75, 3.05) is 16.8 Å². The molecule has 1 aromatic carbocycles. The summed E-state index contributed by atoms with van der Waals surface area (Å²) in [6.45, 7) is -0.746. The highest BCUT2D eigenvalue weighted by atomic mass is 127. The molecule has 3 N–H and O–H groups in total. The van der Waals surface area contributed by atoms with Gasteiger partial charge < -0.3 is 20.4 Å². The average Bonchev–Trinajstić information content (AvgIpc) is 2.69. The summed E-state index contributed by atoms with van der Waals surface area (Å²) < 4.78 is 6.31. The number of oxime groups is 1. The predicted molar refractivity (Wildman–Crippen MR) is 107 cm³/mol. The van der Waals surface area contributed by atoms with Gasteiger partial charge in [-0.05, 0) is 11.9 Å². The van der Waals surface area contributed by atoms with Gasteiger partial charge in [0.25, 0.3) is 11.8 Å². The van der Waals surface area contributed by atoms with Crippen LogP contribution in [-0.4, -0.2) is 73.0 Å². The summed E-state index contributed by atoms with van der Waals surface area (Å²) in [6, 6.07) is 7.08. The zero-order chi connectivity index (χ0) is 20.7. The number of carboxylic acid groups (broad SMARTS) is 1. The van der Waals surface area contributed by atoms with Crippen LogP contribution in [0.25, 0.3) is 0 Å². The molecule has 0 saturated carbocycles. The predicted octanol–water partition coefficient (Wildman–Crippen LogP) is 0.272. The lowest BCUT2D eigenvalue weighted by Crippen LogP contribution is -2.69. The Bertz CT molecular complexity index is 790. The molecule has 10 nitrogen and oxygen atoms in total. The van der Waals surface area contributed by atoms with Crippen LogP contribution in [-0.2, 0) is 23.9 Å². The SMILES string of the molecule is O=C(O)COC(=O)CSN1C(=O)[C@@H](NC(=O)/C(=N/O)c2ccccc2)[C@H]1CI. The standard InChI is InChI=1S/C16H16IN3O7S/c17-6-10-14(16(25)20(10)28-8-12(23)27-7-11(21)22)18-15(24)13(19-26)9-4-2-1-3-5-9/h1-5,10,14,26H,6-8H2,(H,18,24)(H,21,22)/b19-13+/t10-,14+/m1/s1. The first kappa shape index (κ1) is 21.9. The molecule has 1 saturated heterocycles. The Kier molecular flexibility index (Phi) is 8.04. The third-order valence-corrected chi connectivity index (χ3v) is 5.65. The van der Waals surface area contributed by atoms with Crippen molar-refractivity contribution in [1.29, 1.82) is 0 Å². The van der Waals surface area contributed by atoms with Gasteiger partial charge in [0.05, 0.1) is 6.04 Å². The molecular weight excluding hydrogens is 505 g/mol. The van der Waals surface area contributed by atoms with E-state index in [1.165, 1.54) is 4.31 Å². The molecule has 150 valence electrons. The Morgan fingerprint density at radius 2 is 1.96 bits per heavy atom. The number of hydrogen-bond acceptors (Lipinski definition) is 8. The van der Waals surface area contributed by atoms with Gasteiger partial charge in [-0.25, -0.2) is 4.79 Å². The zero-order valence-electron chi connectivity index (χ0n) is 14.3. The fraction of sp³-hybridized carbons (Fsp3) is 0.312. The molecule has 1 fully saturated rings. The number of aliphatic carboxylic acids is 1. The van der Waals surface area contributed by atoms with Crippen LogP contribution in [0.2, 0.25) is 0 Å². The van der Waals surface area contributed by atoms with Crippen LogP contribution >= 0.6 is 34.5 Å². The van der Waals surface area contributed by atoms with Crippen LogP contribution in [0.15, 0.2) is 35.5 Å². The lowest BCUT2D eigenvalue weighted by atomic mass is 10.00. The summed E-state index contributed by atoms with van der Waals surface area (Å²) in [5, 5.41) is 23.2. The van der Waals surface area contributed by atoms with Gasteiger partial charge in [0.1, 0.15) is 11.8 Å². The summed E-state index contributed by atoms with van der Waals surface area (Å²) in [5.41, 5.74) is 0.177. The molecule has 0 aliphatic carbocycles. The highest BCUT2D eigenvalue weighted by Gasteiger charge is 2.48. The van der Waals surface area contributed by atoms with E-state index in [-0.39, 0.29) is 17.5 Å². The van der Waals surface area contributed by atoms with E-state index in [4.69, 9.17) is 10.3 Å². The number of rotatable bonds is 9. The smallest absolute Gasteiger partial charge is 0.341 e. The molecule has 1 heterocycles. The van der Waals surface area contributed by atoms with Gasteiger partial charge in [-0.3, -0.25) is 18.7 Å². The maximum Gasteiger partial charge on any atom is 0.341 e. The molecule has 0 spiro atoms. The average molecular weight is 521 g/mol. The second-order valence-corrected chi connectivity index (χ2v) is 7.30. The van der Waals surface area contributed by atoms with E-state index in [0.29, 0.717) is 9.99 Å². The van der Waals surface area contributed by atoms with Crippen molar-refractivity contribution in [3.63, 3.8) is 0 Å². The Hall–Kier alpha value is -2.35. The number of ether oxygens (including phenoxy) is 1. The molecule has 0 aromatic heterocycles. The number of halogens is 1. The van der Waals surface area contributed by atoms with Crippen LogP contribution in [0.1, 0.15) is 5.56 Å². The lowest BCUT2D eigenvalue weighted by molar-refractivity contribution is -0.153. The molecule has 0 unspecified atom stereocenters. The Morgan fingerprint density at radius 1 is 1.29 bits per heavy atom. The van der Waals surface area contributed by atoms with E-state index in [0.717, 1.165) is 11.9 Å². The summed E-state index contributed by atoms with van der Waals surface area (Å²) in [6.07, 6.45) is 0. The minimum Gasteiger partial charge on any atom is -0.479 e. The number of β-lactam (4-membered cyclic amide) rings is 1. The second kappa shape index (κ2) is 10.3. The first-order valence-electron chi connectivity index (χ1n) is 7.86. The van der Waals surface area contributed by atoms with E-state index in [9.17, 15) is 19.2 Å². The summed E-state index contributed by atoms with van der Waals surface area (Å²) >= 11 is 2.93. The molecule has 2 rings (SSSR count). The number of alkyl halides is 1. The van der Waals surface area contributed by atoms with Crippen LogP contribution in [0.3, 0.4) is 0 Å². The molecule has 0 bridgehead atoms. The lowest BCUT2D eigenvalue weighted by Gasteiger charge is -2.45. The fourth-order valence-corrected chi connectivity index (χ4v) is 4.46. The first-order valence-corrected chi connectivity index (χ1v) is 10.3. The Morgan fingerprint density at radius 3 is 2.54 bits per heavy atom. The quantitative estimate of drug-likeness (QED) is 0.0614. The topological polar surface area (TPSA) is 146 Å². The number of nitrogens with one attached hydrogen (secondary N) is 1. The minimum absolute atomic E-state index is 0.219. The molecular formula is C16H16IN3O7S. The molecule has 0 radical (unpaired) electrons. The van der Waals surface area contributed by atoms with Crippen molar-refractivity contribution in [3.05, 3.63) is 35.9 Å². The van der Waals surface area contributed by atoms with E-state index >= 15 is 0 Å². The van der Waals surface area contributed by atoms with Crippen LogP contribution < -0.4 is 5.32 Å². The number of esters is 1. The molecule has 12 heteroatoms. The van der Waals surface area contributed by atoms with Crippen molar-refractivity contribution in [1.82, 2.24) is 9.62 Å². The van der Waals surface area contributed by atoms with Crippen LogP contribution in [0.5, 0.6) is 0 Å². The number of carbonyl (C=O) groups is 4. The van der Waals surface area contributed by atoms with Gasteiger partial charge in [-0.1, -0.05) is 58.1 Å². The van der Waals surface area contributed by atoms with Gasteiger partial charge in [0.15, 0.2) is 12.3 Å². The van der Waals surface area contributed by atoms with Crippen molar-refractivity contribution in [2.24, 2.45) is 5.16 Å². The van der Waals surface area contributed by atoms with Gasteiger partial charge in [0, 0.05) is 9.99 Å². The second-order valence-electron chi connectivity index (χ2n) is 5.48. The maximum atomic E-state index is 12.4. The van der Waals surface area contributed by atoms with Crippen molar-refractivity contribution < 1.29 is 34.2 Å². The minimum atomic E-state index is -1.27. The molecule has 2 atom stereocenters. The van der Waals surface area contributed by atoms with E-state index < -0.39 is 36.4 Å². The fourth-order valence-electron chi connectivity index (χ4n) is 2.33.